The van der Waals surface area contributed by atoms with E-state index < -0.39 is 7.82 Å². The van der Waals surface area contributed by atoms with Crippen LogP contribution in [0.1, 0.15) is 149 Å². The fraction of sp³-hybridized carbons (Fsp3) is 0.966. The summed E-state index contributed by atoms with van der Waals surface area (Å²) in [6.07, 6.45) is 25.1. The van der Waals surface area contributed by atoms with Crippen LogP contribution in [-0.2, 0) is 18.4 Å². The van der Waals surface area contributed by atoms with Crippen molar-refractivity contribution in [2.24, 2.45) is 5.92 Å². The van der Waals surface area contributed by atoms with Crippen molar-refractivity contribution >= 4 is 13.6 Å². The Bertz CT molecular complexity index is 532. The van der Waals surface area contributed by atoms with Crippen LogP contribution in [0.15, 0.2) is 0 Å². The van der Waals surface area contributed by atoms with E-state index in [9.17, 15) is 14.3 Å². The van der Waals surface area contributed by atoms with Gasteiger partial charge in [0.15, 0.2) is 0 Å². The maximum absolute atomic E-state index is 12.1. The lowest BCUT2D eigenvalue weighted by Gasteiger charge is -2.18. The summed E-state index contributed by atoms with van der Waals surface area (Å²) in [5.74, 6) is 0.161. The normalized spacial score (nSPS) is 14.1. The molecule has 0 rings (SSSR count). The van der Waals surface area contributed by atoms with Gasteiger partial charge in [-0.25, -0.2) is 4.57 Å². The quantitative estimate of drug-likeness (QED) is 0.0738. The number of nitrogens with one attached hydrogen (secondary N) is 1. The van der Waals surface area contributed by atoms with E-state index >= 15 is 0 Å². The van der Waals surface area contributed by atoms with Crippen LogP contribution < -0.4 is 5.32 Å². The third kappa shape index (κ3) is 25.4. The van der Waals surface area contributed by atoms with Gasteiger partial charge in [-0.05, 0) is 32.4 Å². The van der Waals surface area contributed by atoms with Gasteiger partial charge in [0, 0.05) is 12.8 Å². The molecule has 0 saturated heterocycles. The van der Waals surface area contributed by atoms with Crippen LogP contribution in [0.4, 0.5) is 0 Å². The summed E-state index contributed by atoms with van der Waals surface area (Å²) in [7, 11) is -2.23. The van der Waals surface area contributed by atoms with Crippen molar-refractivity contribution in [3.63, 3.8) is 0 Å². The minimum atomic E-state index is -4.05. The lowest BCUT2D eigenvalue weighted by Crippen LogP contribution is -2.15. The lowest BCUT2D eigenvalue weighted by molar-refractivity contribution is -0.120. The molecule has 0 aliphatic heterocycles. The minimum Gasteiger partial charge on any atom is -0.320 e. The Morgan fingerprint density at radius 3 is 1.67 bits per heavy atom. The van der Waals surface area contributed by atoms with Gasteiger partial charge in [-0.15, -0.1) is 0 Å². The molecule has 0 aliphatic rings. The number of carbonyl (C=O) groups is 1. The molecule has 216 valence electrons. The van der Waals surface area contributed by atoms with Gasteiger partial charge in [0.1, 0.15) is 5.78 Å². The van der Waals surface area contributed by atoms with Crippen LogP contribution in [0.5, 0.6) is 0 Å². The number of phosphoric acid groups is 1. The summed E-state index contributed by atoms with van der Waals surface area (Å²) in [6.45, 7) is 5.12. The SMILES string of the molecule is CCCCCCCCCCCCCCCCCCCC(COP(=O)(O)OCCCNC)CC(=O)CC. The molecule has 0 saturated carbocycles. The fourth-order valence-electron chi connectivity index (χ4n) is 4.53. The Balaban J connectivity index is 3.76. The number of unbranched alkanes of at least 4 members (excludes halogenated alkanes) is 16. The van der Waals surface area contributed by atoms with Crippen molar-refractivity contribution in [3.8, 4) is 0 Å². The number of hydrogen-bond donors (Lipinski definition) is 2. The van der Waals surface area contributed by atoms with Gasteiger partial charge in [0.05, 0.1) is 13.2 Å². The smallest absolute Gasteiger partial charge is 0.320 e. The van der Waals surface area contributed by atoms with Gasteiger partial charge in [-0.2, -0.15) is 0 Å². The van der Waals surface area contributed by atoms with Gasteiger partial charge in [0.2, 0.25) is 0 Å². The molecule has 0 aromatic heterocycles. The van der Waals surface area contributed by atoms with Crippen molar-refractivity contribution < 1.29 is 23.3 Å². The molecule has 0 aromatic carbocycles. The molecule has 2 unspecified atom stereocenters. The molecule has 2 N–H and O–H groups in total. The highest BCUT2D eigenvalue weighted by Crippen LogP contribution is 2.44. The van der Waals surface area contributed by atoms with E-state index in [1.165, 1.54) is 96.3 Å². The third-order valence-corrected chi connectivity index (χ3v) is 7.91. The monoisotopic (exact) mass is 533 g/mol. The molecule has 36 heavy (non-hydrogen) atoms. The van der Waals surface area contributed by atoms with Gasteiger partial charge in [0.25, 0.3) is 0 Å². The van der Waals surface area contributed by atoms with Crippen molar-refractivity contribution in [1.29, 1.82) is 0 Å². The predicted molar refractivity (Wildman–Crippen MR) is 152 cm³/mol. The van der Waals surface area contributed by atoms with Crippen LogP contribution in [0.3, 0.4) is 0 Å². The molecule has 0 aliphatic carbocycles. The number of carbonyl (C=O) groups excluding carboxylic acids is 1. The highest BCUT2D eigenvalue weighted by molar-refractivity contribution is 7.47. The van der Waals surface area contributed by atoms with E-state index in [2.05, 4.69) is 12.2 Å². The predicted octanol–water partition coefficient (Wildman–Crippen LogP) is 8.76. The summed E-state index contributed by atoms with van der Waals surface area (Å²) in [5.41, 5.74) is 0. The summed E-state index contributed by atoms with van der Waals surface area (Å²) in [5, 5.41) is 2.97. The zero-order valence-electron chi connectivity index (χ0n) is 24.1. The van der Waals surface area contributed by atoms with Crippen LogP contribution in [0.2, 0.25) is 0 Å². The van der Waals surface area contributed by atoms with Crippen molar-refractivity contribution in [3.05, 3.63) is 0 Å². The minimum absolute atomic E-state index is 0.0184. The summed E-state index contributed by atoms with van der Waals surface area (Å²) in [4.78, 5) is 21.8. The third-order valence-electron chi connectivity index (χ3n) is 6.93. The first-order chi connectivity index (χ1) is 17.4. The average molecular weight is 534 g/mol. The van der Waals surface area contributed by atoms with Crippen LogP contribution in [0, 0.1) is 5.92 Å². The number of hydrogen-bond acceptors (Lipinski definition) is 5. The van der Waals surface area contributed by atoms with Crippen molar-refractivity contribution in [2.75, 3.05) is 26.8 Å². The molecule has 2 atom stereocenters. The second-order valence-corrected chi connectivity index (χ2v) is 11.9. The topological polar surface area (TPSA) is 84.9 Å². The second-order valence-electron chi connectivity index (χ2n) is 10.5. The van der Waals surface area contributed by atoms with E-state index in [-0.39, 0.29) is 24.9 Å². The van der Waals surface area contributed by atoms with E-state index in [4.69, 9.17) is 9.05 Å². The molecule has 0 bridgehead atoms. The number of phosphoric ester groups is 1. The molecule has 0 aromatic rings. The van der Waals surface area contributed by atoms with Gasteiger partial charge >= 0.3 is 7.82 Å². The van der Waals surface area contributed by atoms with E-state index in [0.717, 1.165) is 19.3 Å². The maximum atomic E-state index is 12.1. The Labute approximate surface area is 223 Å². The second kappa shape index (κ2) is 26.4. The lowest BCUT2D eigenvalue weighted by atomic mass is 9.95. The van der Waals surface area contributed by atoms with E-state index in [0.29, 0.717) is 25.8 Å². The summed E-state index contributed by atoms with van der Waals surface area (Å²) >= 11 is 0. The molecule has 0 heterocycles. The van der Waals surface area contributed by atoms with Crippen LogP contribution in [-0.4, -0.2) is 37.5 Å². The van der Waals surface area contributed by atoms with Crippen molar-refractivity contribution in [2.45, 2.75) is 149 Å². The Morgan fingerprint density at radius 1 is 0.750 bits per heavy atom. The average Bonchev–Trinajstić information content (AvgIpc) is 2.86. The molecule has 6 nitrogen and oxygen atoms in total. The standard InChI is InChI=1S/C29H60NO5P/c1-4-6-7-8-9-10-11-12-13-14-15-16-17-18-19-20-21-23-28(26-29(31)5-2)27-35-36(32,33)34-25-22-24-30-3/h28,30H,4-27H2,1-3H3,(H,32,33). The molecule has 0 radical (unpaired) electrons. The molecular formula is C29H60NO5P. The first kappa shape index (κ1) is 35.7. The van der Waals surface area contributed by atoms with Gasteiger partial charge in [-0.1, -0.05) is 123 Å². The molecule has 0 fully saturated rings. The van der Waals surface area contributed by atoms with E-state index in [1.54, 1.807) is 0 Å². The number of rotatable bonds is 29. The summed E-state index contributed by atoms with van der Waals surface area (Å²) in [6, 6.07) is 0. The molecule has 0 spiro atoms. The first-order valence-corrected chi connectivity index (χ1v) is 16.7. The highest BCUT2D eigenvalue weighted by atomic mass is 31.2. The van der Waals surface area contributed by atoms with Crippen molar-refractivity contribution in [1.82, 2.24) is 5.32 Å². The van der Waals surface area contributed by atoms with Gasteiger partial charge in [-0.3, -0.25) is 13.8 Å². The first-order valence-electron chi connectivity index (χ1n) is 15.2. The largest absolute Gasteiger partial charge is 0.472 e. The van der Waals surface area contributed by atoms with Crippen LogP contribution >= 0.6 is 7.82 Å². The maximum Gasteiger partial charge on any atom is 0.472 e. The van der Waals surface area contributed by atoms with Gasteiger partial charge < -0.3 is 10.2 Å². The van der Waals surface area contributed by atoms with Crippen LogP contribution in [0.25, 0.3) is 0 Å². The number of ketones is 1. The Hall–Kier alpha value is -0.260. The molecule has 0 amide bonds. The zero-order chi connectivity index (χ0) is 26.7. The van der Waals surface area contributed by atoms with E-state index in [1.807, 2.05) is 14.0 Å². The highest BCUT2D eigenvalue weighted by Gasteiger charge is 2.24. The fourth-order valence-corrected chi connectivity index (χ4v) is 5.37. The Morgan fingerprint density at radius 2 is 1.22 bits per heavy atom. The Kier molecular flexibility index (Phi) is 26.2. The summed E-state index contributed by atoms with van der Waals surface area (Å²) < 4.78 is 22.3. The number of Topliss-reactive ketones (excluding diaryl/α,β-unsaturated/α-hetero) is 1. The molecular weight excluding hydrogens is 473 g/mol. The molecule has 7 heteroatoms. The zero-order valence-corrected chi connectivity index (χ0v) is 25.0.